The fourth-order valence-corrected chi connectivity index (χ4v) is 3.52. The molecule has 0 atom stereocenters. The number of hydrogen-bond acceptors (Lipinski definition) is 6. The highest BCUT2D eigenvalue weighted by Crippen LogP contribution is 2.24. The molecule has 0 aliphatic rings. The molecule has 3 N–H and O–H groups in total. The molecule has 1 heterocycles. The quantitative estimate of drug-likeness (QED) is 0.813. The average Bonchev–Trinajstić information content (AvgIpc) is 2.97. The fraction of sp³-hybridized carbons (Fsp3) is 0.308. The van der Waals surface area contributed by atoms with Crippen LogP contribution in [0, 0.1) is 0 Å². The van der Waals surface area contributed by atoms with E-state index in [9.17, 15) is 8.42 Å². The van der Waals surface area contributed by atoms with Crippen molar-refractivity contribution >= 4 is 26.5 Å². The maximum absolute atomic E-state index is 12.3. The van der Waals surface area contributed by atoms with E-state index in [0.29, 0.717) is 23.1 Å². The summed E-state index contributed by atoms with van der Waals surface area (Å²) in [5.74, 6) is 0.618. The van der Waals surface area contributed by atoms with Crippen molar-refractivity contribution in [2.24, 2.45) is 5.73 Å². The van der Waals surface area contributed by atoms with Gasteiger partial charge in [0.2, 0.25) is 0 Å². The smallest absolute Gasteiger partial charge is 0.263 e. The van der Waals surface area contributed by atoms with Gasteiger partial charge in [-0.05, 0) is 24.6 Å². The minimum atomic E-state index is -3.67. The molecule has 0 saturated carbocycles. The number of hydrogen-bond donors (Lipinski definition) is 2. The number of nitrogens with two attached hydrogens (primary N) is 1. The molecule has 0 spiro atoms. The van der Waals surface area contributed by atoms with E-state index in [1.807, 2.05) is 6.92 Å². The van der Waals surface area contributed by atoms with Gasteiger partial charge in [-0.1, -0.05) is 6.92 Å². The molecule has 6 nitrogen and oxygen atoms in total. The first-order valence-electron chi connectivity index (χ1n) is 6.45. The summed E-state index contributed by atoms with van der Waals surface area (Å²) in [5, 5.41) is 2.03. The highest BCUT2D eigenvalue weighted by atomic mass is 32.2. The van der Waals surface area contributed by atoms with E-state index in [1.54, 1.807) is 11.4 Å². The average molecular weight is 327 g/mol. The SMILES string of the molecule is CCCOc1ccc(S(=O)(=O)Nc2nccs2)cc1CN. The first-order valence-corrected chi connectivity index (χ1v) is 8.81. The second kappa shape index (κ2) is 6.88. The van der Waals surface area contributed by atoms with Crippen LogP contribution in [0.5, 0.6) is 5.75 Å². The lowest BCUT2D eigenvalue weighted by Gasteiger charge is -2.12. The lowest BCUT2D eigenvalue weighted by Crippen LogP contribution is -2.14. The van der Waals surface area contributed by atoms with E-state index in [4.69, 9.17) is 10.5 Å². The molecule has 0 saturated heterocycles. The van der Waals surface area contributed by atoms with E-state index in [1.165, 1.54) is 29.7 Å². The van der Waals surface area contributed by atoms with Crippen LogP contribution in [0.2, 0.25) is 0 Å². The van der Waals surface area contributed by atoms with Crippen LogP contribution in [-0.2, 0) is 16.6 Å². The van der Waals surface area contributed by atoms with Crippen molar-refractivity contribution in [2.45, 2.75) is 24.8 Å². The summed E-state index contributed by atoms with van der Waals surface area (Å²) in [7, 11) is -3.67. The zero-order valence-electron chi connectivity index (χ0n) is 11.6. The van der Waals surface area contributed by atoms with E-state index in [0.717, 1.165) is 6.42 Å². The number of aromatic nitrogens is 1. The molecule has 114 valence electrons. The Bertz CT molecular complexity index is 685. The fourth-order valence-electron chi connectivity index (χ4n) is 1.68. The number of rotatable bonds is 7. The van der Waals surface area contributed by atoms with Crippen molar-refractivity contribution < 1.29 is 13.2 Å². The zero-order valence-corrected chi connectivity index (χ0v) is 13.2. The Morgan fingerprint density at radius 1 is 1.43 bits per heavy atom. The van der Waals surface area contributed by atoms with Gasteiger partial charge in [0.25, 0.3) is 10.0 Å². The van der Waals surface area contributed by atoms with Crippen LogP contribution in [-0.4, -0.2) is 20.0 Å². The number of ether oxygens (including phenoxy) is 1. The summed E-state index contributed by atoms with van der Waals surface area (Å²) >= 11 is 1.22. The standard InChI is InChI=1S/C13H17N3O3S2/c1-2-6-19-12-4-3-11(8-10(12)9-14)21(17,18)16-13-15-5-7-20-13/h3-5,7-8H,2,6,9,14H2,1H3,(H,15,16). The molecule has 0 bridgehead atoms. The van der Waals surface area contributed by atoms with E-state index in [2.05, 4.69) is 9.71 Å². The maximum atomic E-state index is 12.3. The van der Waals surface area contributed by atoms with Crippen molar-refractivity contribution in [3.8, 4) is 5.75 Å². The minimum Gasteiger partial charge on any atom is -0.493 e. The lowest BCUT2D eigenvalue weighted by atomic mass is 10.2. The molecule has 0 fully saturated rings. The Kier molecular flexibility index (Phi) is 5.16. The molecule has 21 heavy (non-hydrogen) atoms. The zero-order chi connectivity index (χ0) is 15.3. The molecule has 2 rings (SSSR count). The van der Waals surface area contributed by atoms with Gasteiger partial charge in [-0.2, -0.15) is 0 Å². The highest BCUT2D eigenvalue weighted by molar-refractivity contribution is 7.93. The van der Waals surface area contributed by atoms with Crippen molar-refractivity contribution in [1.29, 1.82) is 0 Å². The normalized spacial score (nSPS) is 11.3. The van der Waals surface area contributed by atoms with Gasteiger partial charge < -0.3 is 10.5 Å². The van der Waals surface area contributed by atoms with Gasteiger partial charge in [0.1, 0.15) is 5.75 Å². The summed E-state index contributed by atoms with van der Waals surface area (Å²) in [6.07, 6.45) is 2.41. The van der Waals surface area contributed by atoms with Gasteiger partial charge in [0.15, 0.2) is 5.13 Å². The van der Waals surface area contributed by atoms with Gasteiger partial charge in [-0.3, -0.25) is 4.72 Å². The molecule has 0 aliphatic carbocycles. The lowest BCUT2D eigenvalue weighted by molar-refractivity contribution is 0.314. The Morgan fingerprint density at radius 2 is 2.24 bits per heavy atom. The highest BCUT2D eigenvalue weighted by Gasteiger charge is 2.17. The Morgan fingerprint density at radius 3 is 2.86 bits per heavy atom. The monoisotopic (exact) mass is 327 g/mol. The molecular weight excluding hydrogens is 310 g/mol. The third-order valence-electron chi connectivity index (χ3n) is 2.68. The van der Waals surface area contributed by atoms with Gasteiger partial charge in [-0.25, -0.2) is 13.4 Å². The van der Waals surface area contributed by atoms with E-state index >= 15 is 0 Å². The number of nitrogens with zero attached hydrogens (tertiary/aromatic N) is 1. The van der Waals surface area contributed by atoms with Crippen LogP contribution in [0.3, 0.4) is 0 Å². The molecule has 1 aromatic carbocycles. The number of thiazole rings is 1. The molecule has 8 heteroatoms. The Hall–Kier alpha value is -1.64. The predicted molar refractivity (Wildman–Crippen MR) is 83.0 cm³/mol. The topological polar surface area (TPSA) is 94.3 Å². The summed E-state index contributed by atoms with van der Waals surface area (Å²) in [6.45, 7) is 2.77. The Labute approximate surface area is 128 Å². The van der Waals surface area contributed by atoms with Gasteiger partial charge >= 0.3 is 0 Å². The molecule has 2 aromatic rings. The summed E-state index contributed by atoms with van der Waals surface area (Å²) in [6, 6.07) is 4.66. The maximum Gasteiger partial charge on any atom is 0.263 e. The van der Waals surface area contributed by atoms with Crippen LogP contribution >= 0.6 is 11.3 Å². The summed E-state index contributed by atoms with van der Waals surface area (Å²) < 4.78 is 32.5. The molecule has 1 aromatic heterocycles. The van der Waals surface area contributed by atoms with E-state index < -0.39 is 10.0 Å². The van der Waals surface area contributed by atoms with Gasteiger partial charge in [-0.15, -0.1) is 11.3 Å². The van der Waals surface area contributed by atoms with Crippen LogP contribution in [0.4, 0.5) is 5.13 Å². The van der Waals surface area contributed by atoms with Crippen LogP contribution in [0.1, 0.15) is 18.9 Å². The first-order chi connectivity index (χ1) is 10.1. The number of sulfonamides is 1. The molecular formula is C13H17N3O3S2. The third kappa shape index (κ3) is 3.93. The second-order valence-electron chi connectivity index (χ2n) is 4.26. The van der Waals surface area contributed by atoms with Crippen molar-refractivity contribution in [3.05, 3.63) is 35.3 Å². The van der Waals surface area contributed by atoms with Crippen LogP contribution in [0.25, 0.3) is 0 Å². The van der Waals surface area contributed by atoms with Crippen molar-refractivity contribution in [2.75, 3.05) is 11.3 Å². The third-order valence-corrected chi connectivity index (χ3v) is 4.83. The first kappa shape index (κ1) is 15.7. The minimum absolute atomic E-state index is 0.141. The Balaban J connectivity index is 2.27. The second-order valence-corrected chi connectivity index (χ2v) is 6.84. The molecule has 0 radical (unpaired) electrons. The predicted octanol–water partition coefficient (Wildman–Crippen LogP) is 2.19. The van der Waals surface area contributed by atoms with Crippen molar-refractivity contribution in [3.63, 3.8) is 0 Å². The molecule has 0 unspecified atom stereocenters. The van der Waals surface area contributed by atoms with E-state index in [-0.39, 0.29) is 11.4 Å². The largest absolute Gasteiger partial charge is 0.493 e. The van der Waals surface area contributed by atoms with Crippen molar-refractivity contribution in [1.82, 2.24) is 4.98 Å². The van der Waals surface area contributed by atoms with Crippen LogP contribution in [0.15, 0.2) is 34.7 Å². The summed E-state index contributed by atoms with van der Waals surface area (Å²) in [5.41, 5.74) is 6.32. The number of nitrogens with one attached hydrogen (secondary N) is 1. The van der Waals surface area contributed by atoms with Crippen LogP contribution < -0.4 is 15.2 Å². The number of benzene rings is 1. The molecule has 0 aliphatic heterocycles. The number of anilines is 1. The molecule has 0 amide bonds. The summed E-state index contributed by atoms with van der Waals surface area (Å²) in [4.78, 5) is 4.05. The van der Waals surface area contributed by atoms with Gasteiger partial charge in [0, 0.05) is 23.7 Å². The van der Waals surface area contributed by atoms with Gasteiger partial charge in [0.05, 0.1) is 11.5 Å².